The van der Waals surface area contributed by atoms with Crippen molar-refractivity contribution in [2.75, 3.05) is 27.2 Å². The molecule has 1 atom stereocenters. The highest BCUT2D eigenvalue weighted by molar-refractivity contribution is 5.15. The lowest BCUT2D eigenvalue weighted by molar-refractivity contribution is -0.943. The molecule has 0 radical (unpaired) electrons. The molecule has 0 aliphatic carbocycles. The van der Waals surface area contributed by atoms with Gasteiger partial charge in [0.1, 0.15) is 0 Å². The second kappa shape index (κ2) is 5.29. The van der Waals surface area contributed by atoms with Crippen LogP contribution in [0.25, 0.3) is 0 Å². The highest BCUT2D eigenvalue weighted by Gasteiger charge is 2.28. The molecule has 1 rings (SSSR count). The summed E-state index contributed by atoms with van der Waals surface area (Å²) in [5, 5.41) is 0. The Morgan fingerprint density at radius 3 is 2.20 bits per heavy atom. The second-order valence-electron chi connectivity index (χ2n) is 4.31. The average molecular weight is 208 g/mol. The molecule has 0 saturated heterocycles. The van der Waals surface area contributed by atoms with Crippen LogP contribution >= 0.6 is 0 Å². The Hall–Kier alpha value is -0.860. The minimum Gasteiger partial charge on any atom is -0.325 e. The maximum atomic E-state index is 5.86. The summed E-state index contributed by atoms with van der Waals surface area (Å²) in [6.07, 6.45) is 0.140. The molecule has 0 spiro atoms. The van der Waals surface area contributed by atoms with E-state index in [-0.39, 0.29) is 6.23 Å². The van der Waals surface area contributed by atoms with E-state index < -0.39 is 0 Å². The van der Waals surface area contributed by atoms with Gasteiger partial charge in [-0.15, -0.1) is 0 Å². The fourth-order valence-corrected chi connectivity index (χ4v) is 1.64. The Morgan fingerprint density at radius 2 is 1.73 bits per heavy atom. The Balaban J connectivity index is 2.93. The zero-order chi connectivity index (χ0) is 11.3. The molecule has 84 valence electrons. The van der Waals surface area contributed by atoms with Crippen molar-refractivity contribution in [2.45, 2.75) is 20.1 Å². The lowest BCUT2D eigenvalue weighted by atomic mass is 10.1. The van der Waals surface area contributed by atoms with E-state index >= 15 is 0 Å². The minimum absolute atomic E-state index is 0.140. The molecule has 0 fully saturated rings. The van der Waals surface area contributed by atoms with Gasteiger partial charge in [-0.3, -0.25) is 4.48 Å². The zero-order valence-corrected chi connectivity index (χ0v) is 10.2. The number of rotatable bonds is 5. The van der Waals surface area contributed by atoms with Gasteiger partial charge in [-0.1, -0.05) is 30.3 Å². The Labute approximate surface area is 93.1 Å². The highest BCUT2D eigenvalue weighted by atomic mass is 16.5. The molecule has 1 aromatic rings. The Kier molecular flexibility index (Phi) is 4.30. The van der Waals surface area contributed by atoms with Gasteiger partial charge in [0.2, 0.25) is 6.23 Å². The molecule has 0 aliphatic heterocycles. The van der Waals surface area contributed by atoms with Crippen molar-refractivity contribution in [2.24, 2.45) is 0 Å². The summed E-state index contributed by atoms with van der Waals surface area (Å²) in [7, 11) is 4.40. The molecule has 0 N–H and O–H groups in total. The Morgan fingerprint density at radius 1 is 1.13 bits per heavy atom. The van der Waals surface area contributed by atoms with Crippen molar-refractivity contribution in [1.29, 1.82) is 0 Å². The van der Waals surface area contributed by atoms with Gasteiger partial charge in [0, 0.05) is 5.56 Å². The topological polar surface area (TPSA) is 9.23 Å². The van der Waals surface area contributed by atoms with E-state index in [4.69, 9.17) is 4.74 Å². The van der Waals surface area contributed by atoms with E-state index in [0.717, 1.165) is 17.6 Å². The summed E-state index contributed by atoms with van der Waals surface area (Å²) in [5.41, 5.74) is 1.26. The van der Waals surface area contributed by atoms with Crippen LogP contribution in [-0.2, 0) is 4.74 Å². The SMILES string of the molecule is CCOC(c1ccccc1)[N+](C)(C)CC. The first-order valence-corrected chi connectivity index (χ1v) is 5.61. The van der Waals surface area contributed by atoms with Crippen molar-refractivity contribution < 1.29 is 9.22 Å². The summed E-state index contributed by atoms with van der Waals surface area (Å²) < 4.78 is 6.71. The van der Waals surface area contributed by atoms with E-state index in [1.54, 1.807) is 0 Å². The van der Waals surface area contributed by atoms with Gasteiger partial charge < -0.3 is 4.74 Å². The third-order valence-corrected chi connectivity index (χ3v) is 2.86. The van der Waals surface area contributed by atoms with Gasteiger partial charge in [-0.25, -0.2) is 0 Å². The largest absolute Gasteiger partial charge is 0.325 e. The summed E-state index contributed by atoms with van der Waals surface area (Å²) in [6.45, 7) is 6.04. The maximum Gasteiger partial charge on any atom is 0.219 e. The summed E-state index contributed by atoms with van der Waals surface area (Å²) >= 11 is 0. The van der Waals surface area contributed by atoms with Crippen LogP contribution in [0.5, 0.6) is 0 Å². The van der Waals surface area contributed by atoms with E-state index in [1.165, 1.54) is 5.56 Å². The normalized spacial score (nSPS) is 13.9. The van der Waals surface area contributed by atoms with Gasteiger partial charge in [0.05, 0.1) is 27.2 Å². The summed E-state index contributed by atoms with van der Waals surface area (Å²) in [4.78, 5) is 0. The minimum atomic E-state index is 0.140. The van der Waals surface area contributed by atoms with Crippen LogP contribution in [0.15, 0.2) is 30.3 Å². The van der Waals surface area contributed by atoms with Crippen LogP contribution in [0.3, 0.4) is 0 Å². The number of ether oxygens (including phenoxy) is 1. The molecule has 1 unspecified atom stereocenters. The lowest BCUT2D eigenvalue weighted by Crippen LogP contribution is -2.44. The molecule has 0 aliphatic rings. The van der Waals surface area contributed by atoms with Crippen LogP contribution in [0, 0.1) is 0 Å². The van der Waals surface area contributed by atoms with Crippen molar-refractivity contribution in [1.82, 2.24) is 0 Å². The molecule has 0 saturated carbocycles. The van der Waals surface area contributed by atoms with Crippen LogP contribution < -0.4 is 0 Å². The molecule has 15 heavy (non-hydrogen) atoms. The first-order valence-electron chi connectivity index (χ1n) is 5.61. The third kappa shape index (κ3) is 3.05. The van der Waals surface area contributed by atoms with Crippen molar-refractivity contribution in [3.63, 3.8) is 0 Å². The molecule has 2 nitrogen and oxygen atoms in total. The van der Waals surface area contributed by atoms with Crippen molar-refractivity contribution >= 4 is 0 Å². The smallest absolute Gasteiger partial charge is 0.219 e. The molecule has 0 bridgehead atoms. The number of quaternary nitrogens is 1. The maximum absolute atomic E-state index is 5.86. The fraction of sp³-hybridized carbons (Fsp3) is 0.538. The monoisotopic (exact) mass is 208 g/mol. The van der Waals surface area contributed by atoms with Crippen molar-refractivity contribution in [3.8, 4) is 0 Å². The summed E-state index contributed by atoms with van der Waals surface area (Å²) in [6, 6.07) is 10.4. The van der Waals surface area contributed by atoms with Gasteiger partial charge in [-0.2, -0.15) is 0 Å². The number of hydrogen-bond donors (Lipinski definition) is 0. The van der Waals surface area contributed by atoms with Crippen LogP contribution in [-0.4, -0.2) is 31.7 Å². The van der Waals surface area contributed by atoms with Gasteiger partial charge in [0.15, 0.2) is 0 Å². The molecular weight excluding hydrogens is 186 g/mol. The van der Waals surface area contributed by atoms with Gasteiger partial charge >= 0.3 is 0 Å². The number of nitrogens with zero attached hydrogens (tertiary/aromatic N) is 1. The van der Waals surface area contributed by atoms with E-state index in [2.05, 4.69) is 45.3 Å². The van der Waals surface area contributed by atoms with Gasteiger partial charge in [0.25, 0.3) is 0 Å². The molecule has 0 heterocycles. The molecule has 2 heteroatoms. The predicted octanol–water partition coefficient (Wildman–Crippen LogP) is 2.82. The van der Waals surface area contributed by atoms with E-state index in [1.807, 2.05) is 13.0 Å². The lowest BCUT2D eigenvalue weighted by Gasteiger charge is -2.36. The highest BCUT2D eigenvalue weighted by Crippen LogP contribution is 2.25. The quantitative estimate of drug-likeness (QED) is 0.534. The second-order valence-corrected chi connectivity index (χ2v) is 4.31. The summed E-state index contributed by atoms with van der Waals surface area (Å²) in [5.74, 6) is 0. The van der Waals surface area contributed by atoms with E-state index in [9.17, 15) is 0 Å². The molecular formula is C13H22NO+. The number of hydrogen-bond acceptors (Lipinski definition) is 1. The van der Waals surface area contributed by atoms with Crippen LogP contribution in [0.4, 0.5) is 0 Å². The zero-order valence-electron chi connectivity index (χ0n) is 10.2. The van der Waals surface area contributed by atoms with Crippen LogP contribution in [0.1, 0.15) is 25.6 Å². The molecule has 1 aromatic carbocycles. The van der Waals surface area contributed by atoms with Gasteiger partial charge in [-0.05, 0) is 13.8 Å². The van der Waals surface area contributed by atoms with E-state index in [0.29, 0.717) is 0 Å². The number of benzene rings is 1. The predicted molar refractivity (Wildman–Crippen MR) is 63.5 cm³/mol. The standard InChI is InChI=1S/C13H22NO/c1-5-14(3,4)13(15-6-2)12-10-8-7-9-11-12/h7-11,13H,5-6H2,1-4H3/q+1. The average Bonchev–Trinajstić information content (AvgIpc) is 2.27. The first-order chi connectivity index (χ1) is 7.11. The molecule has 0 aromatic heterocycles. The first kappa shape index (κ1) is 12.2. The fourth-order valence-electron chi connectivity index (χ4n) is 1.64. The molecule has 0 amide bonds. The van der Waals surface area contributed by atoms with Crippen LogP contribution in [0.2, 0.25) is 0 Å². The Bertz CT molecular complexity index is 282. The van der Waals surface area contributed by atoms with Crippen molar-refractivity contribution in [3.05, 3.63) is 35.9 Å². The third-order valence-electron chi connectivity index (χ3n) is 2.86.